The lowest BCUT2D eigenvalue weighted by Crippen LogP contribution is -2.41. The van der Waals surface area contributed by atoms with Crippen molar-refractivity contribution < 1.29 is 9.53 Å². The average Bonchev–Trinajstić information content (AvgIpc) is 3.25. The number of rotatable bonds is 6. The Morgan fingerprint density at radius 3 is 2.59 bits per heavy atom. The molecule has 1 spiro atoms. The molecule has 2 aromatic heterocycles. The highest BCUT2D eigenvalue weighted by molar-refractivity contribution is 5.82. The molecule has 2 saturated heterocycles. The van der Waals surface area contributed by atoms with Crippen LogP contribution in [0.3, 0.4) is 0 Å². The van der Waals surface area contributed by atoms with Gasteiger partial charge in [0.15, 0.2) is 5.65 Å². The maximum absolute atomic E-state index is 13.8. The summed E-state index contributed by atoms with van der Waals surface area (Å²) in [6, 6.07) is 9.18. The standard InChI is InChI=1S/C28H36N6O3/c1-19(2)30-24(35)17-34-26(20-6-5-7-22(14-20)37-4)31-25-23(27(34)36)15-21(16-29-25)33-12-9-28(10-13-33)8-11-32(3)18-28/h5-7,14-16,19H,8-13,17-18H2,1-4H3,(H,30,35). The lowest BCUT2D eigenvalue weighted by atomic mass is 9.77. The Bertz CT molecular complexity index is 1360. The van der Waals surface area contributed by atoms with E-state index in [1.807, 2.05) is 50.4 Å². The van der Waals surface area contributed by atoms with Gasteiger partial charge in [0.2, 0.25) is 5.91 Å². The van der Waals surface area contributed by atoms with Crippen LogP contribution in [0.2, 0.25) is 0 Å². The van der Waals surface area contributed by atoms with Gasteiger partial charge < -0.3 is 19.9 Å². The van der Waals surface area contributed by atoms with E-state index in [4.69, 9.17) is 9.72 Å². The first-order valence-electron chi connectivity index (χ1n) is 13.0. The van der Waals surface area contributed by atoms with E-state index < -0.39 is 0 Å². The number of ether oxygens (including phenoxy) is 1. The molecule has 1 amide bonds. The van der Waals surface area contributed by atoms with Gasteiger partial charge in [0.1, 0.15) is 18.1 Å². The molecule has 9 nitrogen and oxygen atoms in total. The van der Waals surface area contributed by atoms with Gasteiger partial charge in [-0.05, 0) is 70.3 Å². The van der Waals surface area contributed by atoms with Crippen LogP contribution in [-0.2, 0) is 11.3 Å². The lowest BCUT2D eigenvalue weighted by molar-refractivity contribution is -0.122. The SMILES string of the molecule is COc1cccc(-c2nc3ncc(N4CCC5(CCN(C)C5)CC4)cc3c(=O)n2CC(=O)NC(C)C)c1. The first-order chi connectivity index (χ1) is 17.8. The highest BCUT2D eigenvalue weighted by atomic mass is 16.5. The van der Waals surface area contributed by atoms with Crippen molar-refractivity contribution in [2.24, 2.45) is 5.41 Å². The fraction of sp³-hybridized carbons (Fsp3) is 0.500. The molecule has 0 atom stereocenters. The number of carbonyl (C=O) groups excluding carboxylic acids is 1. The molecule has 2 aliphatic heterocycles. The second-order valence-electron chi connectivity index (χ2n) is 10.8. The van der Waals surface area contributed by atoms with E-state index in [1.54, 1.807) is 7.11 Å². The maximum Gasteiger partial charge on any atom is 0.263 e. The molecule has 0 radical (unpaired) electrons. The summed E-state index contributed by atoms with van der Waals surface area (Å²) in [4.78, 5) is 40.7. The molecule has 3 aromatic rings. The number of amides is 1. The van der Waals surface area contributed by atoms with Gasteiger partial charge in [-0.15, -0.1) is 0 Å². The minimum absolute atomic E-state index is 0.0350. The Morgan fingerprint density at radius 1 is 1.16 bits per heavy atom. The van der Waals surface area contributed by atoms with Crippen LogP contribution in [0.15, 0.2) is 41.3 Å². The lowest BCUT2D eigenvalue weighted by Gasteiger charge is -2.40. The van der Waals surface area contributed by atoms with Crippen LogP contribution >= 0.6 is 0 Å². The van der Waals surface area contributed by atoms with E-state index in [0.717, 1.165) is 38.2 Å². The van der Waals surface area contributed by atoms with E-state index in [-0.39, 0.29) is 24.1 Å². The third-order valence-electron chi connectivity index (χ3n) is 7.69. The van der Waals surface area contributed by atoms with Gasteiger partial charge in [-0.1, -0.05) is 12.1 Å². The summed E-state index contributed by atoms with van der Waals surface area (Å²) in [5.74, 6) is 0.792. The number of fused-ring (bicyclic) bond motifs is 1. The molecule has 2 fully saturated rings. The molecule has 0 unspecified atom stereocenters. The minimum atomic E-state index is -0.276. The molecule has 5 rings (SSSR count). The Kier molecular flexibility index (Phi) is 6.90. The molecule has 1 N–H and O–H groups in total. The number of hydrogen-bond donors (Lipinski definition) is 1. The number of hydrogen-bond acceptors (Lipinski definition) is 7. The Hall–Kier alpha value is -3.46. The summed E-state index contributed by atoms with van der Waals surface area (Å²) < 4.78 is 6.82. The number of piperidine rings is 1. The van der Waals surface area contributed by atoms with Crippen molar-refractivity contribution in [1.82, 2.24) is 24.8 Å². The number of benzene rings is 1. The summed E-state index contributed by atoms with van der Waals surface area (Å²) in [5.41, 5.74) is 2.13. The number of carbonyl (C=O) groups is 1. The van der Waals surface area contributed by atoms with Crippen LogP contribution in [0, 0.1) is 5.41 Å². The van der Waals surface area contributed by atoms with E-state index in [1.165, 1.54) is 17.5 Å². The van der Waals surface area contributed by atoms with E-state index >= 15 is 0 Å². The summed E-state index contributed by atoms with van der Waals surface area (Å²) >= 11 is 0. The van der Waals surface area contributed by atoms with E-state index in [2.05, 4.69) is 27.1 Å². The zero-order chi connectivity index (χ0) is 26.2. The van der Waals surface area contributed by atoms with Crippen molar-refractivity contribution in [3.63, 3.8) is 0 Å². The van der Waals surface area contributed by atoms with Crippen molar-refractivity contribution in [2.75, 3.05) is 45.2 Å². The third-order valence-corrected chi connectivity index (χ3v) is 7.69. The molecule has 0 bridgehead atoms. The fourth-order valence-corrected chi connectivity index (χ4v) is 5.71. The monoisotopic (exact) mass is 504 g/mol. The highest BCUT2D eigenvalue weighted by Crippen LogP contribution is 2.40. The van der Waals surface area contributed by atoms with Crippen LogP contribution in [0.5, 0.6) is 5.75 Å². The van der Waals surface area contributed by atoms with Crippen molar-refractivity contribution >= 4 is 22.6 Å². The van der Waals surface area contributed by atoms with Crippen molar-refractivity contribution in [2.45, 2.75) is 45.7 Å². The summed E-state index contributed by atoms with van der Waals surface area (Å²) in [6.07, 6.45) is 5.36. The Labute approximate surface area is 217 Å². The maximum atomic E-state index is 13.8. The number of anilines is 1. The van der Waals surface area contributed by atoms with Gasteiger partial charge in [-0.25, -0.2) is 9.97 Å². The molecular formula is C28H36N6O3. The quantitative estimate of drug-likeness (QED) is 0.552. The summed E-state index contributed by atoms with van der Waals surface area (Å²) in [6.45, 7) is 7.88. The van der Waals surface area contributed by atoms with Crippen LogP contribution in [0.1, 0.15) is 33.1 Å². The van der Waals surface area contributed by atoms with Gasteiger partial charge in [0.05, 0.1) is 24.4 Å². The van der Waals surface area contributed by atoms with Gasteiger partial charge in [-0.2, -0.15) is 0 Å². The van der Waals surface area contributed by atoms with Gasteiger partial charge >= 0.3 is 0 Å². The molecule has 196 valence electrons. The summed E-state index contributed by atoms with van der Waals surface area (Å²) in [5, 5.41) is 3.30. The average molecular weight is 505 g/mol. The number of likely N-dealkylation sites (tertiary alicyclic amines) is 1. The molecule has 37 heavy (non-hydrogen) atoms. The third kappa shape index (κ3) is 5.18. The first-order valence-corrected chi connectivity index (χ1v) is 13.0. The highest BCUT2D eigenvalue weighted by Gasteiger charge is 2.39. The van der Waals surface area contributed by atoms with Gasteiger partial charge in [-0.3, -0.25) is 14.2 Å². The number of methoxy groups -OCH3 is 1. The van der Waals surface area contributed by atoms with E-state index in [0.29, 0.717) is 33.6 Å². The number of pyridine rings is 1. The second-order valence-corrected chi connectivity index (χ2v) is 10.8. The largest absolute Gasteiger partial charge is 0.497 e. The molecule has 0 aliphatic carbocycles. The number of aromatic nitrogens is 3. The number of nitrogens with one attached hydrogen (secondary N) is 1. The van der Waals surface area contributed by atoms with Crippen molar-refractivity contribution in [1.29, 1.82) is 0 Å². The first kappa shape index (κ1) is 25.2. The molecule has 2 aliphatic rings. The topological polar surface area (TPSA) is 92.6 Å². The van der Waals surface area contributed by atoms with E-state index in [9.17, 15) is 9.59 Å². The zero-order valence-electron chi connectivity index (χ0n) is 22.2. The second kappa shape index (κ2) is 10.1. The Morgan fingerprint density at radius 2 is 1.92 bits per heavy atom. The normalized spacial score (nSPS) is 17.6. The van der Waals surface area contributed by atoms with Crippen LogP contribution in [0.4, 0.5) is 5.69 Å². The molecular weight excluding hydrogens is 468 g/mol. The molecule has 1 aromatic carbocycles. The van der Waals surface area contributed by atoms with Crippen LogP contribution in [0.25, 0.3) is 22.4 Å². The molecule has 0 saturated carbocycles. The van der Waals surface area contributed by atoms with Gasteiger partial charge in [0.25, 0.3) is 5.56 Å². The summed E-state index contributed by atoms with van der Waals surface area (Å²) in [7, 11) is 3.79. The predicted octanol–water partition coefficient (Wildman–Crippen LogP) is 2.91. The molecule has 4 heterocycles. The Balaban J connectivity index is 1.52. The predicted molar refractivity (Wildman–Crippen MR) is 145 cm³/mol. The molecule has 9 heteroatoms. The smallest absolute Gasteiger partial charge is 0.263 e. The van der Waals surface area contributed by atoms with Crippen LogP contribution < -0.4 is 20.5 Å². The van der Waals surface area contributed by atoms with Crippen molar-refractivity contribution in [3.8, 4) is 17.1 Å². The fourth-order valence-electron chi connectivity index (χ4n) is 5.71. The van der Waals surface area contributed by atoms with Gasteiger partial charge in [0, 0.05) is 31.2 Å². The van der Waals surface area contributed by atoms with Crippen LogP contribution in [-0.4, -0.2) is 71.7 Å². The number of nitrogens with zero attached hydrogens (tertiary/aromatic N) is 5. The van der Waals surface area contributed by atoms with Crippen molar-refractivity contribution in [3.05, 3.63) is 46.9 Å². The zero-order valence-corrected chi connectivity index (χ0v) is 22.2. The minimum Gasteiger partial charge on any atom is -0.497 e.